The third-order valence-electron chi connectivity index (χ3n) is 8.04. The van der Waals surface area contributed by atoms with Crippen LogP contribution in [-0.4, -0.2) is 57.7 Å². The van der Waals surface area contributed by atoms with Crippen molar-refractivity contribution >= 4 is 5.91 Å². The average molecular weight is 490 g/mol. The van der Waals surface area contributed by atoms with Crippen LogP contribution in [0.2, 0.25) is 0 Å². The standard InChI is InChI=1S/C28H35N5O3/c1-18(2)19-6-8-21(9-7-19)28(35,27(4)16-33(5)17-27)22-12-20(13-29-14-22)24-31-25(36-32-24)26(3)11-10-23(34)30-15-26/h6-9,12-14,18,35H,10-11,15-17H2,1-5H3,(H,30,34)/t26?,28-/m0/s1. The minimum atomic E-state index is -1.25. The summed E-state index contributed by atoms with van der Waals surface area (Å²) in [4.78, 5) is 23.0. The fraction of sp³-hybridized carbons (Fsp3) is 0.500. The zero-order chi connectivity index (χ0) is 25.7. The van der Waals surface area contributed by atoms with Gasteiger partial charge < -0.3 is 19.8 Å². The summed E-state index contributed by atoms with van der Waals surface area (Å²) < 4.78 is 5.65. The predicted molar refractivity (Wildman–Crippen MR) is 136 cm³/mol. The van der Waals surface area contributed by atoms with Crippen LogP contribution in [0.1, 0.15) is 69.0 Å². The number of pyridine rings is 1. The molecule has 8 nitrogen and oxygen atoms in total. The highest BCUT2D eigenvalue weighted by molar-refractivity contribution is 5.77. The molecule has 2 saturated heterocycles. The number of benzene rings is 1. The van der Waals surface area contributed by atoms with Gasteiger partial charge in [0, 0.05) is 55.0 Å². The van der Waals surface area contributed by atoms with Crippen molar-refractivity contribution in [2.75, 3.05) is 26.7 Å². The molecule has 2 atom stereocenters. The monoisotopic (exact) mass is 489 g/mol. The number of aliphatic hydroxyl groups is 1. The van der Waals surface area contributed by atoms with E-state index in [0.717, 1.165) is 18.7 Å². The molecule has 3 aromatic rings. The summed E-state index contributed by atoms with van der Waals surface area (Å²) in [6.07, 6.45) is 4.51. The number of aromatic nitrogens is 3. The van der Waals surface area contributed by atoms with Crippen molar-refractivity contribution in [3.63, 3.8) is 0 Å². The van der Waals surface area contributed by atoms with Crippen LogP contribution in [-0.2, 0) is 15.8 Å². The van der Waals surface area contributed by atoms with E-state index in [2.05, 4.69) is 65.3 Å². The highest BCUT2D eigenvalue weighted by Crippen LogP contribution is 2.50. The Balaban J connectivity index is 1.53. The Kier molecular flexibility index (Phi) is 6.00. The van der Waals surface area contributed by atoms with Gasteiger partial charge in [-0.1, -0.05) is 50.2 Å². The number of carbonyl (C=O) groups is 1. The molecule has 0 aliphatic carbocycles. The van der Waals surface area contributed by atoms with Gasteiger partial charge in [-0.2, -0.15) is 4.98 Å². The van der Waals surface area contributed by atoms with Crippen LogP contribution in [0.5, 0.6) is 0 Å². The molecule has 1 aromatic carbocycles. The van der Waals surface area contributed by atoms with E-state index in [-0.39, 0.29) is 5.91 Å². The SMILES string of the molecule is CC(C)c1ccc([C@](O)(c2cncc(-c3noc(C4(C)CCC(=O)NC4)n3)c2)C2(C)CN(C)C2)cc1. The molecule has 2 aliphatic heterocycles. The van der Waals surface area contributed by atoms with Crippen molar-refractivity contribution in [2.24, 2.45) is 5.41 Å². The largest absolute Gasteiger partial charge is 0.380 e. The summed E-state index contributed by atoms with van der Waals surface area (Å²) in [6.45, 7) is 10.5. The minimum Gasteiger partial charge on any atom is -0.380 e. The molecule has 0 radical (unpaired) electrons. The maximum absolute atomic E-state index is 12.5. The number of nitrogens with zero attached hydrogens (tertiary/aromatic N) is 4. The second-order valence-corrected chi connectivity index (χ2v) is 11.4. The first-order valence-electron chi connectivity index (χ1n) is 12.6. The topological polar surface area (TPSA) is 104 Å². The highest BCUT2D eigenvalue weighted by atomic mass is 16.5. The Bertz CT molecular complexity index is 1250. The van der Waals surface area contributed by atoms with Gasteiger partial charge >= 0.3 is 0 Å². The summed E-state index contributed by atoms with van der Waals surface area (Å²) in [5.74, 6) is 1.37. The molecule has 2 fully saturated rings. The third kappa shape index (κ3) is 4.02. The first-order valence-corrected chi connectivity index (χ1v) is 12.6. The van der Waals surface area contributed by atoms with Gasteiger partial charge in [0.15, 0.2) is 0 Å². The Morgan fingerprint density at radius 2 is 1.86 bits per heavy atom. The fourth-order valence-electron chi connectivity index (χ4n) is 5.74. The van der Waals surface area contributed by atoms with E-state index in [1.54, 1.807) is 12.4 Å². The quantitative estimate of drug-likeness (QED) is 0.545. The number of amides is 1. The predicted octanol–water partition coefficient (Wildman–Crippen LogP) is 3.61. The second-order valence-electron chi connectivity index (χ2n) is 11.4. The van der Waals surface area contributed by atoms with Crippen LogP contribution in [0.4, 0.5) is 0 Å². The molecule has 1 unspecified atom stereocenters. The number of hydrogen-bond donors (Lipinski definition) is 2. The van der Waals surface area contributed by atoms with E-state index in [1.807, 2.05) is 25.1 Å². The normalized spacial score (nSPS) is 23.7. The van der Waals surface area contributed by atoms with Crippen LogP contribution < -0.4 is 5.32 Å². The summed E-state index contributed by atoms with van der Waals surface area (Å²) in [5.41, 5.74) is 1.42. The molecule has 0 bridgehead atoms. The summed E-state index contributed by atoms with van der Waals surface area (Å²) in [7, 11) is 2.06. The van der Waals surface area contributed by atoms with Gasteiger partial charge in [0.2, 0.25) is 17.6 Å². The van der Waals surface area contributed by atoms with Crippen molar-refractivity contribution in [3.05, 3.63) is 65.3 Å². The van der Waals surface area contributed by atoms with E-state index in [9.17, 15) is 9.90 Å². The molecule has 2 N–H and O–H groups in total. The molecule has 190 valence electrons. The van der Waals surface area contributed by atoms with Crippen molar-refractivity contribution in [1.82, 2.24) is 25.3 Å². The van der Waals surface area contributed by atoms with Crippen molar-refractivity contribution in [3.8, 4) is 11.4 Å². The Hall–Kier alpha value is -3.10. The number of carbonyl (C=O) groups excluding carboxylic acids is 1. The van der Waals surface area contributed by atoms with Gasteiger partial charge in [0.1, 0.15) is 5.60 Å². The molecule has 5 rings (SSSR count). The van der Waals surface area contributed by atoms with Crippen LogP contribution in [0.15, 0.2) is 47.2 Å². The Morgan fingerprint density at radius 3 is 2.47 bits per heavy atom. The van der Waals surface area contributed by atoms with Crippen molar-refractivity contribution in [1.29, 1.82) is 0 Å². The average Bonchev–Trinajstić information content (AvgIpc) is 3.36. The molecule has 1 amide bonds. The smallest absolute Gasteiger partial charge is 0.234 e. The summed E-state index contributed by atoms with van der Waals surface area (Å²) in [6, 6.07) is 10.2. The number of rotatable bonds is 6. The maximum Gasteiger partial charge on any atom is 0.234 e. The number of hydrogen-bond acceptors (Lipinski definition) is 7. The third-order valence-corrected chi connectivity index (χ3v) is 8.04. The molecule has 36 heavy (non-hydrogen) atoms. The zero-order valence-corrected chi connectivity index (χ0v) is 21.7. The van der Waals surface area contributed by atoms with E-state index in [1.165, 1.54) is 5.56 Å². The molecule has 2 aromatic heterocycles. The first kappa shape index (κ1) is 24.6. The van der Waals surface area contributed by atoms with E-state index in [4.69, 9.17) is 4.52 Å². The van der Waals surface area contributed by atoms with E-state index in [0.29, 0.717) is 48.1 Å². The zero-order valence-electron chi connectivity index (χ0n) is 21.7. The van der Waals surface area contributed by atoms with Gasteiger partial charge in [0.05, 0.1) is 5.41 Å². The molecule has 8 heteroatoms. The lowest BCUT2D eigenvalue weighted by molar-refractivity contribution is -0.127. The Morgan fingerprint density at radius 1 is 1.14 bits per heavy atom. The molecular weight excluding hydrogens is 454 g/mol. The number of piperidine rings is 1. The van der Waals surface area contributed by atoms with Gasteiger partial charge in [-0.05, 0) is 43.5 Å². The van der Waals surface area contributed by atoms with Gasteiger partial charge in [-0.25, -0.2) is 0 Å². The van der Waals surface area contributed by atoms with Crippen LogP contribution in [0, 0.1) is 5.41 Å². The first-order chi connectivity index (χ1) is 17.0. The van der Waals surface area contributed by atoms with Gasteiger partial charge in [-0.15, -0.1) is 0 Å². The maximum atomic E-state index is 12.5. The fourth-order valence-corrected chi connectivity index (χ4v) is 5.74. The lowest BCUT2D eigenvalue weighted by Crippen LogP contribution is -2.63. The van der Waals surface area contributed by atoms with Crippen LogP contribution in [0.3, 0.4) is 0 Å². The van der Waals surface area contributed by atoms with Crippen molar-refractivity contribution < 1.29 is 14.4 Å². The lowest BCUT2D eigenvalue weighted by atomic mass is 9.62. The molecule has 0 saturated carbocycles. The van der Waals surface area contributed by atoms with Gasteiger partial charge in [0.25, 0.3) is 0 Å². The van der Waals surface area contributed by atoms with Crippen LogP contribution in [0.25, 0.3) is 11.4 Å². The molecular formula is C28H35N5O3. The summed E-state index contributed by atoms with van der Waals surface area (Å²) >= 11 is 0. The molecule has 0 spiro atoms. The minimum absolute atomic E-state index is 0.0416. The van der Waals surface area contributed by atoms with Gasteiger partial charge in [-0.3, -0.25) is 9.78 Å². The number of nitrogens with one attached hydrogen (secondary N) is 1. The van der Waals surface area contributed by atoms with E-state index < -0.39 is 16.4 Å². The number of likely N-dealkylation sites (tertiary alicyclic amines) is 1. The van der Waals surface area contributed by atoms with Crippen LogP contribution >= 0.6 is 0 Å². The lowest BCUT2D eigenvalue weighted by Gasteiger charge is -2.55. The summed E-state index contributed by atoms with van der Waals surface area (Å²) in [5, 5.41) is 19.6. The molecule has 4 heterocycles. The highest BCUT2D eigenvalue weighted by Gasteiger charge is 2.55. The Labute approximate surface area is 212 Å². The van der Waals surface area contributed by atoms with Crippen molar-refractivity contribution in [2.45, 2.75) is 57.5 Å². The van der Waals surface area contributed by atoms with E-state index >= 15 is 0 Å². The second kappa shape index (κ2) is 8.78. The molecule has 2 aliphatic rings.